The minimum Gasteiger partial charge on any atom is -0.462 e. The van der Waals surface area contributed by atoms with Crippen molar-refractivity contribution in [3.05, 3.63) is 29.8 Å². The molecule has 2 heterocycles. The maximum Gasteiger partial charge on any atom is 0.338 e. The topological polar surface area (TPSA) is 66.9 Å². The summed E-state index contributed by atoms with van der Waals surface area (Å²) in [5, 5.41) is 0. The minimum absolute atomic E-state index is 0.164. The Kier molecular flexibility index (Phi) is 5.18. The van der Waals surface area contributed by atoms with Crippen molar-refractivity contribution in [1.82, 2.24) is 4.90 Å². The van der Waals surface area contributed by atoms with Crippen LogP contribution in [0.4, 0.5) is 5.69 Å². The molecule has 0 aromatic heterocycles. The lowest BCUT2D eigenvalue weighted by molar-refractivity contribution is -0.123. The Morgan fingerprint density at radius 2 is 1.96 bits per heavy atom. The summed E-state index contributed by atoms with van der Waals surface area (Å²) in [6, 6.07) is 6.07. The summed E-state index contributed by atoms with van der Waals surface area (Å²) in [6.07, 6.45) is 2.46. The number of anilines is 1. The number of carbonyl (C=O) groups is 3. The average Bonchev–Trinajstić information content (AvgIpc) is 2.90. The maximum atomic E-state index is 12.8. The van der Waals surface area contributed by atoms with Crippen LogP contribution in [0.2, 0.25) is 0 Å². The first-order valence-electron chi connectivity index (χ1n) is 8.89. The summed E-state index contributed by atoms with van der Waals surface area (Å²) in [5.74, 6) is -0.206. The lowest BCUT2D eigenvalue weighted by Crippen LogP contribution is -2.46. The predicted octanol–water partition coefficient (Wildman–Crippen LogP) is 2.23. The van der Waals surface area contributed by atoms with Crippen molar-refractivity contribution in [3.8, 4) is 0 Å². The average molecular weight is 344 g/mol. The number of hydrogen-bond acceptors (Lipinski definition) is 5. The van der Waals surface area contributed by atoms with Crippen molar-refractivity contribution in [2.45, 2.75) is 39.2 Å². The molecule has 2 amide bonds. The van der Waals surface area contributed by atoms with E-state index in [1.54, 1.807) is 31.2 Å². The number of imide groups is 1. The number of rotatable bonds is 4. The molecule has 0 bridgehead atoms. The number of amides is 2. The second kappa shape index (κ2) is 7.35. The summed E-state index contributed by atoms with van der Waals surface area (Å²) < 4.78 is 4.95. The molecule has 6 heteroatoms. The summed E-state index contributed by atoms with van der Waals surface area (Å²) in [4.78, 5) is 40.4. The molecule has 2 saturated heterocycles. The van der Waals surface area contributed by atoms with Crippen LogP contribution in [-0.2, 0) is 14.3 Å². The van der Waals surface area contributed by atoms with Gasteiger partial charge >= 0.3 is 5.97 Å². The Hall–Kier alpha value is -2.21. The third-order valence-corrected chi connectivity index (χ3v) is 4.89. The van der Waals surface area contributed by atoms with Gasteiger partial charge in [-0.15, -0.1) is 0 Å². The first kappa shape index (κ1) is 17.6. The Bertz CT molecular complexity index is 671. The third kappa shape index (κ3) is 3.58. The zero-order chi connectivity index (χ0) is 18.0. The summed E-state index contributed by atoms with van der Waals surface area (Å²) in [6.45, 7) is 5.96. The van der Waals surface area contributed by atoms with Gasteiger partial charge in [0.15, 0.2) is 0 Å². The van der Waals surface area contributed by atoms with Gasteiger partial charge in [0, 0.05) is 6.54 Å². The summed E-state index contributed by atoms with van der Waals surface area (Å²) in [7, 11) is 0. The Labute approximate surface area is 147 Å². The molecule has 1 aromatic carbocycles. The highest BCUT2D eigenvalue weighted by molar-refractivity contribution is 6.22. The highest BCUT2D eigenvalue weighted by Gasteiger charge is 2.43. The number of nitrogens with zero attached hydrogens (tertiary/aromatic N) is 2. The van der Waals surface area contributed by atoms with E-state index in [2.05, 4.69) is 11.8 Å². The van der Waals surface area contributed by atoms with Crippen molar-refractivity contribution in [2.24, 2.45) is 5.92 Å². The van der Waals surface area contributed by atoms with E-state index in [4.69, 9.17) is 4.74 Å². The molecule has 0 saturated carbocycles. The zero-order valence-electron chi connectivity index (χ0n) is 14.7. The maximum absolute atomic E-state index is 12.8. The van der Waals surface area contributed by atoms with Crippen LogP contribution in [0.5, 0.6) is 0 Å². The highest BCUT2D eigenvalue weighted by atomic mass is 16.5. The largest absolute Gasteiger partial charge is 0.462 e. The molecule has 25 heavy (non-hydrogen) atoms. The van der Waals surface area contributed by atoms with Gasteiger partial charge in [0.1, 0.15) is 0 Å². The van der Waals surface area contributed by atoms with Crippen molar-refractivity contribution in [3.63, 3.8) is 0 Å². The molecular formula is C19H24N2O4. The number of ether oxygens (including phenoxy) is 1. The molecule has 0 unspecified atom stereocenters. The van der Waals surface area contributed by atoms with Crippen LogP contribution in [0.3, 0.4) is 0 Å². The van der Waals surface area contributed by atoms with E-state index in [0.29, 0.717) is 23.8 Å². The van der Waals surface area contributed by atoms with Gasteiger partial charge in [-0.25, -0.2) is 9.69 Å². The monoisotopic (exact) mass is 344 g/mol. The smallest absolute Gasteiger partial charge is 0.338 e. The molecule has 0 spiro atoms. The number of benzene rings is 1. The Balaban J connectivity index is 1.75. The number of piperidine rings is 1. The molecule has 0 radical (unpaired) electrons. The first-order chi connectivity index (χ1) is 12.0. The van der Waals surface area contributed by atoms with Gasteiger partial charge in [-0.3, -0.25) is 14.5 Å². The number of hydrogen-bond donors (Lipinski definition) is 0. The van der Waals surface area contributed by atoms with Gasteiger partial charge in [-0.1, -0.05) is 6.92 Å². The van der Waals surface area contributed by atoms with Crippen LogP contribution in [0.1, 0.15) is 43.5 Å². The minimum atomic E-state index is -0.409. The number of carbonyl (C=O) groups excluding carboxylic acids is 3. The van der Waals surface area contributed by atoms with E-state index < -0.39 is 5.97 Å². The number of likely N-dealkylation sites (tertiary alicyclic amines) is 1. The molecule has 0 N–H and O–H groups in total. The standard InChI is InChI=1S/C19H24N2O4/c1-3-25-19(24)14-6-8-15(9-7-14)21-17(22)11-16(18(21)23)20-10-4-5-13(2)12-20/h6-9,13,16H,3-5,10-12H2,1-2H3/t13-,16+/m0/s1. The fourth-order valence-electron chi connectivity index (χ4n) is 3.64. The highest BCUT2D eigenvalue weighted by Crippen LogP contribution is 2.28. The first-order valence-corrected chi connectivity index (χ1v) is 8.89. The molecule has 6 nitrogen and oxygen atoms in total. The second-order valence-corrected chi connectivity index (χ2v) is 6.80. The molecule has 3 rings (SSSR count). The van der Waals surface area contributed by atoms with Gasteiger partial charge in [0.25, 0.3) is 5.91 Å². The summed E-state index contributed by atoms with van der Waals surface area (Å²) in [5.41, 5.74) is 0.918. The molecular weight excluding hydrogens is 320 g/mol. The van der Waals surface area contributed by atoms with Gasteiger partial charge in [-0.2, -0.15) is 0 Å². The van der Waals surface area contributed by atoms with Gasteiger partial charge in [-0.05, 0) is 56.5 Å². The van der Waals surface area contributed by atoms with Crippen LogP contribution in [-0.4, -0.2) is 48.4 Å². The van der Waals surface area contributed by atoms with Gasteiger partial charge < -0.3 is 4.74 Å². The molecule has 1 aromatic rings. The normalized spacial score (nSPS) is 24.6. The fourth-order valence-corrected chi connectivity index (χ4v) is 3.64. The quantitative estimate of drug-likeness (QED) is 0.619. The number of esters is 1. The van der Waals surface area contributed by atoms with Crippen molar-refractivity contribution in [1.29, 1.82) is 0 Å². The fraction of sp³-hybridized carbons (Fsp3) is 0.526. The second-order valence-electron chi connectivity index (χ2n) is 6.80. The van der Waals surface area contributed by atoms with E-state index in [0.717, 1.165) is 19.5 Å². The zero-order valence-corrected chi connectivity index (χ0v) is 14.7. The van der Waals surface area contributed by atoms with E-state index in [-0.39, 0.29) is 24.3 Å². The van der Waals surface area contributed by atoms with E-state index >= 15 is 0 Å². The van der Waals surface area contributed by atoms with E-state index in [1.807, 2.05) is 0 Å². The predicted molar refractivity (Wildman–Crippen MR) is 93.3 cm³/mol. The molecule has 2 aliphatic rings. The SMILES string of the molecule is CCOC(=O)c1ccc(N2C(=O)C[C@@H](N3CCC[C@H](C)C3)C2=O)cc1. The lowest BCUT2D eigenvalue weighted by atomic mass is 9.98. The van der Waals surface area contributed by atoms with E-state index in [9.17, 15) is 14.4 Å². The molecule has 134 valence electrons. The molecule has 0 aliphatic carbocycles. The van der Waals surface area contributed by atoms with Gasteiger partial charge in [0.05, 0.1) is 30.3 Å². The van der Waals surface area contributed by atoms with E-state index in [1.165, 1.54) is 11.3 Å². The molecule has 2 atom stereocenters. The van der Waals surface area contributed by atoms with Crippen LogP contribution in [0.15, 0.2) is 24.3 Å². The summed E-state index contributed by atoms with van der Waals surface area (Å²) >= 11 is 0. The van der Waals surface area contributed by atoms with Crippen molar-refractivity contribution in [2.75, 3.05) is 24.6 Å². The van der Waals surface area contributed by atoms with Crippen molar-refractivity contribution < 1.29 is 19.1 Å². The molecule has 2 fully saturated rings. The van der Waals surface area contributed by atoms with Gasteiger partial charge in [0.2, 0.25) is 5.91 Å². The lowest BCUT2D eigenvalue weighted by Gasteiger charge is -2.34. The van der Waals surface area contributed by atoms with Crippen LogP contribution >= 0.6 is 0 Å². The molecule has 2 aliphatic heterocycles. The third-order valence-electron chi connectivity index (χ3n) is 4.89. The Morgan fingerprint density at radius 3 is 2.60 bits per heavy atom. The van der Waals surface area contributed by atoms with Crippen LogP contribution in [0.25, 0.3) is 0 Å². The van der Waals surface area contributed by atoms with Crippen LogP contribution < -0.4 is 4.90 Å². The van der Waals surface area contributed by atoms with Crippen LogP contribution in [0, 0.1) is 5.92 Å². The Morgan fingerprint density at radius 1 is 1.24 bits per heavy atom. The van der Waals surface area contributed by atoms with Crippen molar-refractivity contribution >= 4 is 23.5 Å².